The first kappa shape index (κ1) is 22.1. The van der Waals surface area contributed by atoms with Crippen molar-refractivity contribution < 1.29 is 10.2 Å². The number of hydrogen-bond donors (Lipinski definition) is 2. The summed E-state index contributed by atoms with van der Waals surface area (Å²) in [7, 11) is 0. The molecule has 168 valence electrons. The van der Waals surface area contributed by atoms with Crippen LogP contribution in [0.5, 0.6) is 0 Å². The van der Waals surface area contributed by atoms with Gasteiger partial charge in [0.15, 0.2) is 0 Å². The molecule has 4 aliphatic carbocycles. The second-order valence-electron chi connectivity index (χ2n) is 12.7. The van der Waals surface area contributed by atoms with Crippen LogP contribution in [-0.2, 0) is 0 Å². The second kappa shape index (κ2) is 8.12. The second-order valence-corrected chi connectivity index (χ2v) is 12.7. The Bertz CT molecular complexity index is 573. The molecule has 0 saturated heterocycles. The molecule has 0 aliphatic heterocycles. The van der Waals surface area contributed by atoms with Gasteiger partial charge in [-0.2, -0.15) is 0 Å². The molecule has 4 aliphatic rings. The van der Waals surface area contributed by atoms with Crippen molar-refractivity contribution in [1.82, 2.24) is 0 Å². The first-order chi connectivity index (χ1) is 13.7. The van der Waals surface area contributed by atoms with Crippen molar-refractivity contribution in [3.05, 3.63) is 0 Å². The molecular formula is C27H48O2. The summed E-state index contributed by atoms with van der Waals surface area (Å²) < 4.78 is 0. The van der Waals surface area contributed by atoms with Crippen LogP contribution in [0.3, 0.4) is 0 Å². The molecule has 4 saturated carbocycles. The van der Waals surface area contributed by atoms with E-state index in [0.717, 1.165) is 54.8 Å². The highest BCUT2D eigenvalue weighted by Crippen LogP contribution is 2.68. The Labute approximate surface area is 180 Å². The molecular weight excluding hydrogens is 356 g/mol. The molecule has 2 unspecified atom stereocenters. The van der Waals surface area contributed by atoms with E-state index < -0.39 is 0 Å². The number of hydrogen-bond acceptors (Lipinski definition) is 2. The molecule has 4 rings (SSSR count). The van der Waals surface area contributed by atoms with Gasteiger partial charge < -0.3 is 10.2 Å². The van der Waals surface area contributed by atoms with E-state index in [4.69, 9.17) is 0 Å². The molecule has 4 fully saturated rings. The van der Waals surface area contributed by atoms with Gasteiger partial charge in [-0.3, -0.25) is 0 Å². The Morgan fingerprint density at radius 2 is 1.52 bits per heavy atom. The van der Waals surface area contributed by atoms with Crippen LogP contribution < -0.4 is 0 Å². The van der Waals surface area contributed by atoms with Gasteiger partial charge in [-0.1, -0.05) is 34.6 Å². The number of rotatable bonds is 5. The summed E-state index contributed by atoms with van der Waals surface area (Å²) >= 11 is 0. The van der Waals surface area contributed by atoms with Gasteiger partial charge in [-0.05, 0) is 123 Å². The zero-order chi connectivity index (χ0) is 21.0. The third-order valence-corrected chi connectivity index (χ3v) is 11.1. The first-order valence-electron chi connectivity index (χ1n) is 13.0. The van der Waals surface area contributed by atoms with Crippen molar-refractivity contribution in [3.8, 4) is 0 Å². The van der Waals surface area contributed by atoms with Gasteiger partial charge in [0.1, 0.15) is 0 Å². The SMILES string of the molecule is CC(C)C(O)CC[C@@H](C)[C@H]1CC[C@H]2[C@@H]3CCC4C[C@@H](O)CC[C@]4(C)[C@H]3CC[C@]12C. The highest BCUT2D eigenvalue weighted by Gasteiger charge is 2.60. The van der Waals surface area contributed by atoms with E-state index in [1.165, 1.54) is 51.4 Å². The third-order valence-electron chi connectivity index (χ3n) is 11.1. The lowest BCUT2D eigenvalue weighted by atomic mass is 9.44. The molecule has 0 aromatic rings. The van der Waals surface area contributed by atoms with Crippen molar-refractivity contribution in [2.75, 3.05) is 0 Å². The van der Waals surface area contributed by atoms with Gasteiger partial charge in [-0.25, -0.2) is 0 Å². The lowest BCUT2D eigenvalue weighted by Crippen LogP contribution is -2.54. The Kier molecular flexibility index (Phi) is 6.19. The van der Waals surface area contributed by atoms with Crippen molar-refractivity contribution in [2.24, 2.45) is 52.3 Å². The van der Waals surface area contributed by atoms with Gasteiger partial charge >= 0.3 is 0 Å². The summed E-state index contributed by atoms with van der Waals surface area (Å²) in [6, 6.07) is 0. The maximum atomic E-state index is 10.3. The molecule has 2 nitrogen and oxygen atoms in total. The van der Waals surface area contributed by atoms with Gasteiger partial charge in [0.25, 0.3) is 0 Å². The Morgan fingerprint density at radius 1 is 0.828 bits per heavy atom. The van der Waals surface area contributed by atoms with Crippen LogP contribution in [0.15, 0.2) is 0 Å². The quantitative estimate of drug-likeness (QED) is 0.553. The third kappa shape index (κ3) is 3.73. The van der Waals surface area contributed by atoms with Gasteiger partial charge in [0.05, 0.1) is 12.2 Å². The average Bonchev–Trinajstić information content (AvgIpc) is 3.03. The summed E-state index contributed by atoms with van der Waals surface area (Å²) in [5.74, 6) is 5.51. The lowest BCUT2D eigenvalue weighted by molar-refractivity contribution is -0.129. The van der Waals surface area contributed by atoms with E-state index in [1.807, 2.05) is 0 Å². The minimum Gasteiger partial charge on any atom is -0.393 e. The number of aliphatic hydroxyl groups excluding tert-OH is 2. The minimum atomic E-state index is -0.130. The smallest absolute Gasteiger partial charge is 0.0563 e. The Balaban J connectivity index is 1.46. The average molecular weight is 405 g/mol. The van der Waals surface area contributed by atoms with Crippen LogP contribution in [0.25, 0.3) is 0 Å². The molecule has 0 spiro atoms. The zero-order valence-electron chi connectivity index (χ0n) is 19.9. The number of aliphatic hydroxyl groups is 2. The topological polar surface area (TPSA) is 40.5 Å². The van der Waals surface area contributed by atoms with E-state index in [-0.39, 0.29) is 12.2 Å². The standard InChI is InChI=1S/C27H48O2/c1-17(2)25(29)11-6-18(3)22-9-10-23-21-8-7-19-16-20(28)12-14-26(19,4)24(21)13-15-27(22,23)5/h17-25,28-29H,6-16H2,1-5H3/t18-,19?,20+,21+,22-,23+,24+,25?,26+,27-/m1/s1. The van der Waals surface area contributed by atoms with Crippen LogP contribution in [0, 0.1) is 52.3 Å². The molecule has 2 heteroatoms. The van der Waals surface area contributed by atoms with E-state index in [0.29, 0.717) is 16.7 Å². The van der Waals surface area contributed by atoms with E-state index in [2.05, 4.69) is 34.6 Å². The van der Waals surface area contributed by atoms with Gasteiger partial charge in [0, 0.05) is 0 Å². The highest BCUT2D eigenvalue weighted by atomic mass is 16.3. The summed E-state index contributed by atoms with van der Waals surface area (Å²) in [6.07, 6.45) is 13.9. The molecule has 0 bridgehead atoms. The van der Waals surface area contributed by atoms with Crippen LogP contribution in [0.1, 0.15) is 105 Å². The molecule has 0 aromatic carbocycles. The normalized spacial score (nSPS) is 49.2. The van der Waals surface area contributed by atoms with Crippen molar-refractivity contribution in [1.29, 1.82) is 0 Å². The molecule has 2 N–H and O–H groups in total. The van der Waals surface area contributed by atoms with Crippen LogP contribution >= 0.6 is 0 Å². The van der Waals surface area contributed by atoms with Gasteiger partial charge in [0.2, 0.25) is 0 Å². The summed E-state index contributed by atoms with van der Waals surface area (Å²) in [5, 5.41) is 20.6. The van der Waals surface area contributed by atoms with E-state index in [9.17, 15) is 10.2 Å². The maximum Gasteiger partial charge on any atom is 0.0563 e. The minimum absolute atomic E-state index is 0.0311. The van der Waals surface area contributed by atoms with Gasteiger partial charge in [-0.15, -0.1) is 0 Å². The van der Waals surface area contributed by atoms with E-state index >= 15 is 0 Å². The Morgan fingerprint density at radius 3 is 2.24 bits per heavy atom. The highest BCUT2D eigenvalue weighted by molar-refractivity contribution is 5.09. The Hall–Kier alpha value is -0.0800. The zero-order valence-corrected chi connectivity index (χ0v) is 19.9. The van der Waals surface area contributed by atoms with Crippen molar-refractivity contribution in [2.45, 2.75) is 117 Å². The van der Waals surface area contributed by atoms with Crippen LogP contribution in [-0.4, -0.2) is 22.4 Å². The molecule has 29 heavy (non-hydrogen) atoms. The van der Waals surface area contributed by atoms with Crippen LogP contribution in [0.4, 0.5) is 0 Å². The molecule has 0 heterocycles. The predicted molar refractivity (Wildman–Crippen MR) is 120 cm³/mol. The fourth-order valence-corrected chi connectivity index (χ4v) is 9.18. The largest absolute Gasteiger partial charge is 0.393 e. The monoisotopic (exact) mass is 404 g/mol. The van der Waals surface area contributed by atoms with E-state index in [1.54, 1.807) is 0 Å². The fourth-order valence-electron chi connectivity index (χ4n) is 9.18. The summed E-state index contributed by atoms with van der Waals surface area (Å²) in [4.78, 5) is 0. The summed E-state index contributed by atoms with van der Waals surface area (Å²) in [6.45, 7) is 12.0. The van der Waals surface area contributed by atoms with Crippen molar-refractivity contribution in [3.63, 3.8) is 0 Å². The molecule has 0 aromatic heterocycles. The predicted octanol–water partition coefficient (Wildman–Crippen LogP) is 6.44. The first-order valence-corrected chi connectivity index (χ1v) is 13.0. The lowest BCUT2D eigenvalue weighted by Gasteiger charge is -2.61. The molecule has 0 amide bonds. The van der Waals surface area contributed by atoms with Crippen molar-refractivity contribution >= 4 is 0 Å². The number of fused-ring (bicyclic) bond motifs is 5. The fraction of sp³-hybridized carbons (Fsp3) is 1.00. The summed E-state index contributed by atoms with van der Waals surface area (Å²) in [5.41, 5.74) is 1.02. The van der Waals surface area contributed by atoms with Crippen LogP contribution in [0.2, 0.25) is 0 Å². The molecule has 10 atom stereocenters. The maximum absolute atomic E-state index is 10.3. The molecule has 0 radical (unpaired) electrons.